The number of cyclic esters (lactones) is 1. The van der Waals surface area contributed by atoms with Gasteiger partial charge in [0, 0.05) is 33.3 Å². The molecule has 1 unspecified atom stereocenters. The molecule has 2 fully saturated rings. The molecule has 0 amide bonds. The highest BCUT2D eigenvalue weighted by Crippen LogP contribution is 2.37. The second-order valence-electron chi connectivity index (χ2n) is 14.5. The molecular formula is C35H59NO14. The highest BCUT2D eigenvalue weighted by molar-refractivity contribution is 5.72. The Labute approximate surface area is 295 Å². The fourth-order valence-electron chi connectivity index (χ4n) is 7.22. The second-order valence-corrected chi connectivity index (χ2v) is 14.5. The molecule has 0 bridgehead atoms. The summed E-state index contributed by atoms with van der Waals surface area (Å²) in [7, 11) is 4.86. The molecule has 0 aromatic rings. The van der Waals surface area contributed by atoms with Gasteiger partial charge in [-0.3, -0.25) is 9.59 Å². The van der Waals surface area contributed by atoms with E-state index in [0.29, 0.717) is 12.7 Å². The number of hydrogen-bond donors (Lipinski definition) is 4. The molecule has 3 heterocycles. The van der Waals surface area contributed by atoms with Gasteiger partial charge in [-0.05, 0) is 60.0 Å². The van der Waals surface area contributed by atoms with E-state index in [1.54, 1.807) is 51.9 Å². The summed E-state index contributed by atoms with van der Waals surface area (Å²) in [4.78, 5) is 39.2. The van der Waals surface area contributed by atoms with E-state index < -0.39 is 103 Å². The van der Waals surface area contributed by atoms with Crippen LogP contribution in [0.5, 0.6) is 0 Å². The number of carbonyl (C=O) groups is 3. The predicted octanol–water partition coefficient (Wildman–Crippen LogP) is 0.860. The lowest BCUT2D eigenvalue weighted by Crippen LogP contribution is -2.65. The van der Waals surface area contributed by atoms with Crippen molar-refractivity contribution in [2.75, 3.05) is 21.2 Å². The summed E-state index contributed by atoms with van der Waals surface area (Å²) in [6.07, 6.45) is -7.62. The Morgan fingerprint density at radius 1 is 1.06 bits per heavy atom. The number of nitrogens with zero attached hydrogens (tertiary/aromatic N) is 1. The minimum absolute atomic E-state index is 0.0269. The van der Waals surface area contributed by atoms with Gasteiger partial charge >= 0.3 is 11.9 Å². The molecule has 0 radical (unpaired) electrons. The molecule has 0 saturated carbocycles. The van der Waals surface area contributed by atoms with Crippen molar-refractivity contribution in [3.05, 3.63) is 12.2 Å². The number of aliphatic hydroxyl groups excluding tert-OH is 3. The monoisotopic (exact) mass is 717 g/mol. The summed E-state index contributed by atoms with van der Waals surface area (Å²) in [6, 6.07) is -0.741. The minimum Gasteiger partial charge on any atom is -0.462 e. The Balaban J connectivity index is 2.01. The molecule has 3 aliphatic rings. The molecule has 15 heteroatoms. The zero-order valence-corrected chi connectivity index (χ0v) is 30.7. The van der Waals surface area contributed by atoms with Gasteiger partial charge in [-0.15, -0.1) is 0 Å². The number of rotatable bonds is 9. The van der Waals surface area contributed by atoms with Crippen LogP contribution in [-0.4, -0.2) is 150 Å². The zero-order valence-electron chi connectivity index (χ0n) is 30.7. The Morgan fingerprint density at radius 3 is 2.32 bits per heavy atom. The van der Waals surface area contributed by atoms with E-state index in [2.05, 4.69) is 0 Å². The predicted molar refractivity (Wildman–Crippen MR) is 177 cm³/mol. The third-order valence-electron chi connectivity index (χ3n) is 9.90. The first kappa shape index (κ1) is 42.4. The fraction of sp³-hybridized carbons (Fsp3) is 0.857. The standard InChI is InChI=1S/C35H59NO14/c1-18-15-23(13-14-37)31(32(44-9)25(48-22(5)38)16-26(40)45-19(2)11-10-12-24(18)39)50-34-29(41)28(36(7)8)30(20(3)47-34)49-27-17-35(6,43)33(42)21(4)46-27/h10,12,14,18-21,23-25,27-34,39,41-43H,11,13,15-17H2,1-9H3/b12-10+/t18-,19-,20-,21+,23+,24+,25-,27+,28-,29-,30-,31?,32+,33+,34+,35-/m1/s1. The van der Waals surface area contributed by atoms with Gasteiger partial charge in [0.05, 0.1) is 42.5 Å². The number of methoxy groups -OCH3 is 1. The molecule has 4 N–H and O–H groups in total. The summed E-state index contributed by atoms with van der Waals surface area (Å²) < 4.78 is 42.1. The molecule has 0 aromatic carbocycles. The highest BCUT2D eigenvalue weighted by Gasteiger charge is 2.52. The lowest BCUT2D eigenvalue weighted by Gasteiger charge is -2.50. The first-order valence-electron chi connectivity index (χ1n) is 17.4. The minimum atomic E-state index is -1.48. The molecule has 2 saturated heterocycles. The zero-order chi connectivity index (χ0) is 37.5. The maximum atomic E-state index is 13.1. The van der Waals surface area contributed by atoms with Crippen molar-refractivity contribution >= 4 is 18.2 Å². The van der Waals surface area contributed by atoms with Gasteiger partial charge in [-0.2, -0.15) is 0 Å². The van der Waals surface area contributed by atoms with Gasteiger partial charge in [-0.1, -0.05) is 19.1 Å². The van der Waals surface area contributed by atoms with E-state index in [-0.39, 0.29) is 31.6 Å². The summed E-state index contributed by atoms with van der Waals surface area (Å²) in [6.45, 7) is 9.60. The van der Waals surface area contributed by atoms with E-state index in [4.69, 9.17) is 33.2 Å². The van der Waals surface area contributed by atoms with Crippen LogP contribution >= 0.6 is 0 Å². The fourth-order valence-corrected chi connectivity index (χ4v) is 7.22. The normalized spacial score (nSPS) is 44.5. The smallest absolute Gasteiger partial charge is 0.309 e. The van der Waals surface area contributed by atoms with Gasteiger partial charge in [0.15, 0.2) is 12.6 Å². The number of hydrogen-bond acceptors (Lipinski definition) is 15. The van der Waals surface area contributed by atoms with Crippen LogP contribution in [0.1, 0.15) is 73.6 Å². The van der Waals surface area contributed by atoms with Crippen LogP contribution in [0.25, 0.3) is 0 Å². The molecule has 3 rings (SSSR count). The molecule has 15 nitrogen and oxygen atoms in total. The van der Waals surface area contributed by atoms with E-state index in [0.717, 1.165) is 0 Å². The van der Waals surface area contributed by atoms with Gasteiger partial charge in [-0.25, -0.2) is 0 Å². The maximum Gasteiger partial charge on any atom is 0.309 e. The first-order valence-corrected chi connectivity index (χ1v) is 17.4. The SMILES string of the molecule is CO[C@@H]1C(O[C@@H]2O[C@H](C)[C@@H](O[C@H]3C[C@@](C)(O)[C@@H](O)[C@H](C)O3)[C@H](N(C)C)[C@H]2O)[C@@H](CC=O)C[C@@H](C)[C@@H](O)/C=C/C[C@@H](C)OC(=O)C[C@H]1OC(C)=O. The Bertz CT molecular complexity index is 1130. The first-order chi connectivity index (χ1) is 23.4. The number of esters is 2. The largest absolute Gasteiger partial charge is 0.462 e. The van der Waals surface area contributed by atoms with Crippen molar-refractivity contribution in [1.29, 1.82) is 0 Å². The van der Waals surface area contributed by atoms with Crippen molar-refractivity contribution in [1.82, 2.24) is 4.90 Å². The van der Waals surface area contributed by atoms with Crippen LogP contribution in [0.3, 0.4) is 0 Å². The van der Waals surface area contributed by atoms with Crippen LogP contribution in [0.2, 0.25) is 0 Å². The van der Waals surface area contributed by atoms with Crippen LogP contribution in [-0.2, 0) is 47.5 Å². The Hall–Kier alpha value is -2.05. The molecule has 3 aliphatic heterocycles. The summed E-state index contributed by atoms with van der Waals surface area (Å²) in [5, 5.41) is 44.0. The topological polar surface area (TPSA) is 200 Å². The summed E-state index contributed by atoms with van der Waals surface area (Å²) in [5.74, 6) is -2.37. The third-order valence-corrected chi connectivity index (χ3v) is 9.90. The number of aliphatic hydroxyl groups is 4. The van der Waals surface area contributed by atoms with Gasteiger partial charge in [0.1, 0.15) is 42.9 Å². The highest BCUT2D eigenvalue weighted by atomic mass is 16.7. The molecule has 0 spiro atoms. The number of likely N-dealkylation sites (N-methyl/N-ethyl adjacent to an activating group) is 1. The van der Waals surface area contributed by atoms with Crippen LogP contribution in [0, 0.1) is 11.8 Å². The molecule has 0 aromatic heterocycles. The van der Waals surface area contributed by atoms with Gasteiger partial charge in [0.2, 0.25) is 0 Å². The lowest BCUT2D eigenvalue weighted by atomic mass is 9.82. The van der Waals surface area contributed by atoms with Crippen LogP contribution < -0.4 is 0 Å². The molecule has 50 heavy (non-hydrogen) atoms. The van der Waals surface area contributed by atoms with Crippen molar-refractivity contribution in [2.24, 2.45) is 11.8 Å². The number of carbonyl (C=O) groups excluding carboxylic acids is 3. The van der Waals surface area contributed by atoms with Crippen molar-refractivity contribution in [3.63, 3.8) is 0 Å². The Morgan fingerprint density at radius 2 is 1.74 bits per heavy atom. The average Bonchev–Trinajstić information content (AvgIpc) is 3.00. The lowest BCUT2D eigenvalue weighted by molar-refractivity contribution is -0.344. The number of aldehydes is 1. The molecule has 288 valence electrons. The van der Waals surface area contributed by atoms with Crippen molar-refractivity contribution in [3.8, 4) is 0 Å². The summed E-state index contributed by atoms with van der Waals surface area (Å²) >= 11 is 0. The second kappa shape index (κ2) is 18.6. The maximum absolute atomic E-state index is 13.1. The average molecular weight is 718 g/mol. The van der Waals surface area contributed by atoms with E-state index in [1.165, 1.54) is 21.0 Å². The van der Waals surface area contributed by atoms with Gasteiger partial charge in [0.25, 0.3) is 0 Å². The number of ether oxygens (including phenoxy) is 7. The molecule has 16 atom stereocenters. The van der Waals surface area contributed by atoms with Crippen LogP contribution in [0.4, 0.5) is 0 Å². The van der Waals surface area contributed by atoms with Gasteiger partial charge < -0.3 is 63.3 Å². The van der Waals surface area contributed by atoms with Crippen molar-refractivity contribution < 1.29 is 68.0 Å². The Kier molecular flexibility index (Phi) is 15.8. The third kappa shape index (κ3) is 11.0. The van der Waals surface area contributed by atoms with E-state index >= 15 is 0 Å². The summed E-state index contributed by atoms with van der Waals surface area (Å²) in [5.41, 5.74) is -1.48. The molecule has 0 aliphatic carbocycles. The molecular weight excluding hydrogens is 658 g/mol. The van der Waals surface area contributed by atoms with E-state index in [9.17, 15) is 34.8 Å². The quantitative estimate of drug-likeness (QED) is 0.149. The van der Waals surface area contributed by atoms with E-state index in [1.807, 2.05) is 6.92 Å². The van der Waals surface area contributed by atoms with Crippen LogP contribution in [0.15, 0.2) is 12.2 Å². The van der Waals surface area contributed by atoms with Crippen molar-refractivity contribution in [2.45, 2.75) is 159 Å².